The molecule has 15 rings (SSSR count). The number of hydrogen-bond donors (Lipinski definition) is 5. The molecule has 7 N–H and O–H groups in total. The maximum atomic E-state index is 15.1. The Morgan fingerprint density at radius 3 is 2.06 bits per heavy atom. The summed E-state index contributed by atoms with van der Waals surface area (Å²) in [6.07, 6.45) is 12.0. The molecule has 0 saturated heterocycles. The van der Waals surface area contributed by atoms with Gasteiger partial charge in [0.2, 0.25) is 5.91 Å². The lowest BCUT2D eigenvalue weighted by Gasteiger charge is -2.32. The number of halogens is 1. The van der Waals surface area contributed by atoms with E-state index in [9.17, 15) is 29.1 Å². The molecule has 0 spiro atoms. The smallest absolute Gasteiger partial charge is 0.374 e. The molecule has 24 heteroatoms. The molecule has 23 nitrogen and oxygen atoms in total. The number of nitrogens with two attached hydrogens (primary N) is 2. The number of aryl methyl sites for hydroxylation is 2. The van der Waals surface area contributed by atoms with Crippen molar-refractivity contribution in [2.45, 2.75) is 44.2 Å². The lowest BCUT2D eigenvalue weighted by Crippen LogP contribution is -2.40. The predicted octanol–water partition coefficient (Wildman–Crippen LogP) is 8.05. The van der Waals surface area contributed by atoms with Crippen molar-refractivity contribution >= 4 is 69.9 Å². The maximum absolute atomic E-state index is 15.1. The molecule has 8 aromatic heterocycles. The number of nitrogens with one attached hydrogen (secondary N) is 2. The van der Waals surface area contributed by atoms with Gasteiger partial charge < -0.3 is 32.1 Å². The Balaban J connectivity index is 0.759. The van der Waals surface area contributed by atoms with Crippen molar-refractivity contribution in [3.8, 4) is 57.4 Å². The monoisotopic (exact) mass is 1180 g/mol. The molecule has 89 heavy (non-hydrogen) atoms. The highest BCUT2D eigenvalue weighted by Crippen LogP contribution is 2.42. The molecular weight excluding hydrogens is 1130 g/mol. The standard InChI is InChI=1S/C65H48FN17O6/c66-56-42(15-20-51(86)46(56)34-85)64(88)73-47-16-9-35-31-38(11-13-40(35)47)82-60(44-7-2-25-69-58(44)67)71-48-17-21-52(74-62(48)82)79-30-23-54(77-79)81-28-4-27-80(81)53-22-18-49-63(75-53)83(61(72-49)45-8-3-26-70-59(45)68)39-12-14-41-36(32-39)10-19-50(41)78-29-24-55(87)76-57-37(33-84)5-1-6-43(57)65(78)89/h1-8,11-15,17-18,20-23,25-28,30-34,47,50H,9-10,16,19,24,29H2,(H6-,67,68,69,70,71,72,73,76,84,85,86,87,88,89)/p+1/t47-,50-/m0/s1. The van der Waals surface area contributed by atoms with Crippen LogP contribution in [-0.4, -0.2) is 100 Å². The van der Waals surface area contributed by atoms with Gasteiger partial charge in [0.15, 0.2) is 47.2 Å². The summed E-state index contributed by atoms with van der Waals surface area (Å²) >= 11 is 0. The molecule has 9 heterocycles. The number of aromatic nitrogens is 12. The fraction of sp³-hybridized carbons (Fsp3) is 0.123. The Labute approximate surface area is 503 Å². The third-order valence-electron chi connectivity index (χ3n) is 16.8. The first-order chi connectivity index (χ1) is 43.4. The van der Waals surface area contributed by atoms with E-state index in [1.54, 1.807) is 58.5 Å². The number of benzene rings is 4. The molecule has 3 amide bonds. The van der Waals surface area contributed by atoms with Crippen LogP contribution in [0.3, 0.4) is 0 Å². The fourth-order valence-electron chi connectivity index (χ4n) is 12.5. The quantitative estimate of drug-likeness (QED) is 0.0571. The lowest BCUT2D eigenvalue weighted by molar-refractivity contribution is -0.678. The number of nitrogens with zero attached hydrogens (tertiary/aromatic N) is 13. The normalized spacial score (nSPS) is 15.4. The zero-order chi connectivity index (χ0) is 60.8. The number of aldehydes is 2. The van der Waals surface area contributed by atoms with Crippen molar-refractivity contribution in [3.63, 3.8) is 0 Å². The number of rotatable bonds is 12. The van der Waals surface area contributed by atoms with E-state index in [1.165, 1.54) is 0 Å². The number of pyridine rings is 4. The number of phenolic OH excluding ortho intramolecular Hbond substituents is 1. The summed E-state index contributed by atoms with van der Waals surface area (Å²) in [5.41, 5.74) is 21.4. The molecule has 0 radical (unpaired) electrons. The molecule has 436 valence electrons. The second-order valence-corrected chi connectivity index (χ2v) is 21.8. The molecule has 1 aliphatic heterocycles. The van der Waals surface area contributed by atoms with Gasteiger partial charge in [-0.15, -0.1) is 9.36 Å². The zero-order valence-corrected chi connectivity index (χ0v) is 46.9. The number of anilines is 3. The number of carbonyl (C=O) groups is 5. The minimum atomic E-state index is -1.10. The summed E-state index contributed by atoms with van der Waals surface area (Å²) in [7, 11) is 0. The Morgan fingerprint density at radius 2 is 1.36 bits per heavy atom. The number of fused-ring (bicyclic) bond motifs is 5. The van der Waals surface area contributed by atoms with Gasteiger partial charge in [-0.1, -0.05) is 18.2 Å². The molecule has 4 aromatic carbocycles. The van der Waals surface area contributed by atoms with Gasteiger partial charge in [0.1, 0.15) is 40.4 Å². The van der Waals surface area contributed by atoms with E-state index < -0.39 is 29.1 Å². The van der Waals surface area contributed by atoms with Crippen LogP contribution in [0.2, 0.25) is 0 Å². The lowest BCUT2D eigenvalue weighted by atomic mass is 10.0. The van der Waals surface area contributed by atoms with Crippen LogP contribution in [0.4, 0.5) is 21.7 Å². The molecule has 0 bridgehead atoms. The van der Waals surface area contributed by atoms with Crippen LogP contribution in [0.1, 0.15) is 95.0 Å². The maximum Gasteiger partial charge on any atom is 0.374 e. The molecule has 0 saturated carbocycles. The number of nitrogen functional groups attached to an aromatic ring is 2. The number of phenols is 1. The number of carbonyl (C=O) groups excluding carboxylic acids is 5. The molecule has 0 fully saturated rings. The van der Waals surface area contributed by atoms with Crippen molar-refractivity contribution in [1.82, 2.24) is 63.7 Å². The summed E-state index contributed by atoms with van der Waals surface area (Å²) in [5, 5.41) is 20.7. The highest BCUT2D eigenvalue weighted by molar-refractivity contribution is 6.09. The minimum absolute atomic E-state index is 0.0697. The van der Waals surface area contributed by atoms with E-state index in [1.807, 2.05) is 110 Å². The van der Waals surface area contributed by atoms with Crippen molar-refractivity contribution in [2.75, 3.05) is 23.3 Å². The van der Waals surface area contributed by atoms with Gasteiger partial charge in [-0.2, -0.15) is 4.68 Å². The molecule has 2 aliphatic carbocycles. The average molecular weight is 1180 g/mol. The Kier molecular flexibility index (Phi) is 12.7. The van der Waals surface area contributed by atoms with Gasteiger partial charge in [-0.3, -0.25) is 33.1 Å². The molecule has 3 aliphatic rings. The molecule has 12 aromatic rings. The first kappa shape index (κ1) is 53.6. The van der Waals surface area contributed by atoms with Crippen LogP contribution < -0.4 is 26.8 Å². The Morgan fingerprint density at radius 1 is 0.697 bits per heavy atom. The third kappa shape index (κ3) is 8.98. The SMILES string of the molecule is Nc1ncccc1-c1nc2ccc(-n3ccc(-[n+]4cccn4-c4ccc5nc(-c6cccnc6N)n(-c6ccc7c(c6)CC[C@@H]7N6CCC(=O)Nc7c(C=O)cccc7C6=O)c5n4)n3)nc2n1-c1ccc2c(c1)CC[C@@H]2NC(=O)c1ccc(O)c(C=O)c1F. The summed E-state index contributed by atoms with van der Waals surface area (Å²) in [6, 6.07) is 36.7. The fourth-order valence-corrected chi connectivity index (χ4v) is 12.5. The number of para-hydroxylation sites is 1. The number of aromatic hydroxyl groups is 1. The van der Waals surface area contributed by atoms with Gasteiger partial charge >= 0.3 is 5.82 Å². The Bertz CT molecular complexity index is 4990. The molecular formula is C65H49FN17O6+. The van der Waals surface area contributed by atoms with Gasteiger partial charge in [0, 0.05) is 48.4 Å². The van der Waals surface area contributed by atoms with Crippen LogP contribution in [0.5, 0.6) is 5.75 Å². The van der Waals surface area contributed by atoms with Crippen LogP contribution in [0, 0.1) is 5.82 Å². The van der Waals surface area contributed by atoms with E-state index in [2.05, 4.69) is 26.7 Å². The van der Waals surface area contributed by atoms with Gasteiger partial charge in [-0.25, -0.2) is 34.3 Å². The van der Waals surface area contributed by atoms with Crippen LogP contribution in [0.15, 0.2) is 158 Å². The topological polar surface area (TPSA) is 299 Å². The number of hydrogen-bond acceptors (Lipinski definition) is 15. The van der Waals surface area contributed by atoms with E-state index >= 15 is 4.39 Å². The van der Waals surface area contributed by atoms with Crippen LogP contribution in [-0.2, 0) is 17.6 Å². The van der Waals surface area contributed by atoms with E-state index in [4.69, 9.17) is 36.5 Å². The van der Waals surface area contributed by atoms with Crippen molar-refractivity contribution in [1.29, 1.82) is 0 Å². The second-order valence-electron chi connectivity index (χ2n) is 21.8. The third-order valence-corrected chi connectivity index (χ3v) is 16.8. The summed E-state index contributed by atoms with van der Waals surface area (Å²) in [4.78, 5) is 95.4. The second kappa shape index (κ2) is 21.2. The minimum Gasteiger partial charge on any atom is -0.507 e. The highest BCUT2D eigenvalue weighted by atomic mass is 19.1. The zero-order valence-electron chi connectivity index (χ0n) is 46.9. The van der Waals surface area contributed by atoms with Crippen molar-refractivity contribution in [2.24, 2.45) is 0 Å². The summed E-state index contributed by atoms with van der Waals surface area (Å²) in [5.74, 6) is 0.194. The van der Waals surface area contributed by atoms with Crippen LogP contribution >= 0.6 is 0 Å². The van der Waals surface area contributed by atoms with Gasteiger partial charge in [0.05, 0.1) is 69.1 Å². The summed E-state index contributed by atoms with van der Waals surface area (Å²) < 4.78 is 24.4. The largest absolute Gasteiger partial charge is 0.507 e. The first-order valence-electron chi connectivity index (χ1n) is 28.5. The highest BCUT2D eigenvalue weighted by Gasteiger charge is 2.36. The summed E-state index contributed by atoms with van der Waals surface area (Å²) in [6.45, 7) is 0.198. The van der Waals surface area contributed by atoms with Crippen molar-refractivity contribution in [3.05, 3.63) is 209 Å². The number of imidazole rings is 2. The van der Waals surface area contributed by atoms with E-state index in [0.717, 1.165) is 40.1 Å². The predicted molar refractivity (Wildman–Crippen MR) is 324 cm³/mol. The van der Waals surface area contributed by atoms with Gasteiger partial charge in [0.25, 0.3) is 11.8 Å². The molecule has 2 atom stereocenters. The van der Waals surface area contributed by atoms with Crippen LogP contribution in [0.25, 0.3) is 73.9 Å². The average Bonchev–Trinajstić information content (AvgIpc) is 1.73. The molecule has 0 unspecified atom stereocenters. The van der Waals surface area contributed by atoms with E-state index in [0.29, 0.717) is 100 Å². The Hall–Kier alpha value is -12.1. The van der Waals surface area contributed by atoms with Crippen molar-refractivity contribution < 1.29 is 38.2 Å². The van der Waals surface area contributed by atoms with E-state index in [-0.39, 0.29) is 71.1 Å². The first-order valence-corrected chi connectivity index (χ1v) is 28.5. The number of amides is 3. The van der Waals surface area contributed by atoms with Gasteiger partial charge in [-0.05, 0) is 145 Å².